The maximum atomic E-state index is 12.9. The van der Waals surface area contributed by atoms with E-state index in [0.717, 1.165) is 4.90 Å². The number of piperidine rings is 1. The first-order chi connectivity index (χ1) is 11.5. The van der Waals surface area contributed by atoms with Crippen molar-refractivity contribution in [2.24, 2.45) is 0 Å². The van der Waals surface area contributed by atoms with Crippen LogP contribution in [-0.4, -0.2) is 61.8 Å². The van der Waals surface area contributed by atoms with Crippen LogP contribution in [0.1, 0.15) is 33.6 Å². The van der Waals surface area contributed by atoms with Gasteiger partial charge in [0.05, 0.1) is 16.5 Å². The smallest absolute Gasteiger partial charge is 0.327 e. The molecule has 4 rings (SSSR count). The largest absolute Gasteiger partial charge is 0.480 e. The van der Waals surface area contributed by atoms with Gasteiger partial charge >= 0.3 is 5.97 Å². The predicted octanol–water partition coefficient (Wildman–Crippen LogP) is 0.800. The molecule has 0 radical (unpaired) electrons. The van der Waals surface area contributed by atoms with Gasteiger partial charge in [0.25, 0.3) is 11.8 Å². The molecule has 0 bridgehead atoms. The Morgan fingerprint density at radius 2 is 1.71 bits per heavy atom. The van der Waals surface area contributed by atoms with E-state index in [2.05, 4.69) is 0 Å². The van der Waals surface area contributed by atoms with Crippen LogP contribution in [0.5, 0.6) is 0 Å². The highest BCUT2D eigenvalue weighted by atomic mass is 32.2. The van der Waals surface area contributed by atoms with Gasteiger partial charge in [-0.1, -0.05) is 12.1 Å². The summed E-state index contributed by atoms with van der Waals surface area (Å²) < 4.78 is 0. The second-order valence-corrected chi connectivity index (χ2v) is 7.22. The fourth-order valence-corrected chi connectivity index (χ4v) is 5.02. The standard InChI is InChI=1S/C16H14N2O5S/c19-13-8-3-1-2-4-9(8)14(20)18(13)10-5-6-12-17(15(10)21)11(7-24-12)16(22)23/h1-4,10-12H,5-7H2,(H,22,23). The van der Waals surface area contributed by atoms with Gasteiger partial charge in [-0.15, -0.1) is 11.8 Å². The Morgan fingerprint density at radius 1 is 1.08 bits per heavy atom. The summed E-state index contributed by atoms with van der Waals surface area (Å²) in [6.07, 6.45) is 0.934. The van der Waals surface area contributed by atoms with Gasteiger partial charge < -0.3 is 10.0 Å². The van der Waals surface area contributed by atoms with E-state index in [1.807, 2.05) is 0 Å². The number of nitrogens with zero attached hydrogens (tertiary/aromatic N) is 2. The molecule has 8 heteroatoms. The number of carboxylic acids is 1. The lowest BCUT2D eigenvalue weighted by molar-refractivity contribution is -0.152. The van der Waals surface area contributed by atoms with Crippen LogP contribution in [0, 0.1) is 0 Å². The van der Waals surface area contributed by atoms with E-state index in [0.29, 0.717) is 29.7 Å². The Balaban J connectivity index is 1.66. The zero-order valence-electron chi connectivity index (χ0n) is 12.5. The van der Waals surface area contributed by atoms with Crippen molar-refractivity contribution < 1.29 is 24.3 Å². The van der Waals surface area contributed by atoms with E-state index < -0.39 is 35.8 Å². The van der Waals surface area contributed by atoms with Gasteiger partial charge in [-0.05, 0) is 25.0 Å². The number of benzene rings is 1. The zero-order valence-corrected chi connectivity index (χ0v) is 13.4. The Hall–Kier alpha value is -2.35. The number of hydrogen-bond acceptors (Lipinski definition) is 5. The molecule has 3 aliphatic rings. The number of carbonyl (C=O) groups excluding carboxylic acids is 3. The second-order valence-electron chi connectivity index (χ2n) is 6.01. The number of carbonyl (C=O) groups is 4. The molecule has 3 atom stereocenters. The van der Waals surface area contributed by atoms with Crippen molar-refractivity contribution in [2.45, 2.75) is 30.3 Å². The van der Waals surface area contributed by atoms with Crippen LogP contribution in [0.15, 0.2) is 24.3 Å². The molecule has 0 spiro atoms. The first-order valence-corrected chi connectivity index (χ1v) is 8.69. The van der Waals surface area contributed by atoms with E-state index >= 15 is 0 Å². The molecule has 3 heterocycles. The van der Waals surface area contributed by atoms with Crippen molar-refractivity contribution in [3.8, 4) is 0 Å². The first kappa shape index (κ1) is 15.2. The normalized spacial score (nSPS) is 29.0. The van der Waals surface area contributed by atoms with Crippen molar-refractivity contribution in [1.82, 2.24) is 9.80 Å². The highest BCUT2D eigenvalue weighted by molar-refractivity contribution is 8.00. The molecule has 1 aromatic carbocycles. The third kappa shape index (κ3) is 1.99. The van der Waals surface area contributed by atoms with Crippen molar-refractivity contribution >= 4 is 35.5 Å². The number of aliphatic carboxylic acids is 1. The summed E-state index contributed by atoms with van der Waals surface area (Å²) in [5.41, 5.74) is 0.589. The van der Waals surface area contributed by atoms with Gasteiger partial charge in [-0.3, -0.25) is 19.3 Å². The minimum Gasteiger partial charge on any atom is -0.480 e. The SMILES string of the molecule is O=C(O)C1CSC2CCC(N3C(=O)c4ccccc4C3=O)C(=O)N21. The molecule has 3 amide bonds. The number of amides is 3. The van der Waals surface area contributed by atoms with Crippen LogP contribution < -0.4 is 0 Å². The van der Waals surface area contributed by atoms with Crippen LogP contribution in [0.2, 0.25) is 0 Å². The first-order valence-electron chi connectivity index (χ1n) is 7.64. The molecule has 3 aliphatic heterocycles. The molecule has 0 saturated carbocycles. The van der Waals surface area contributed by atoms with Crippen molar-refractivity contribution in [3.63, 3.8) is 0 Å². The summed E-state index contributed by atoms with van der Waals surface area (Å²) in [6, 6.07) is 4.65. The molecule has 24 heavy (non-hydrogen) atoms. The predicted molar refractivity (Wildman–Crippen MR) is 84.5 cm³/mol. The number of fused-ring (bicyclic) bond motifs is 2. The summed E-state index contributed by atoms with van der Waals surface area (Å²) in [5, 5.41) is 9.12. The van der Waals surface area contributed by atoms with Gasteiger partial charge in [-0.25, -0.2) is 4.79 Å². The number of imide groups is 1. The third-order valence-electron chi connectivity index (χ3n) is 4.74. The van der Waals surface area contributed by atoms with E-state index in [9.17, 15) is 24.3 Å². The summed E-state index contributed by atoms with van der Waals surface area (Å²) in [4.78, 5) is 51.7. The molecule has 1 aromatic rings. The van der Waals surface area contributed by atoms with Crippen molar-refractivity contribution in [2.75, 3.05) is 5.75 Å². The van der Waals surface area contributed by atoms with E-state index in [1.54, 1.807) is 24.3 Å². The van der Waals surface area contributed by atoms with Crippen LogP contribution in [0.4, 0.5) is 0 Å². The van der Waals surface area contributed by atoms with Crippen molar-refractivity contribution in [1.29, 1.82) is 0 Å². The Morgan fingerprint density at radius 3 is 2.29 bits per heavy atom. The average Bonchev–Trinajstić information content (AvgIpc) is 3.11. The highest BCUT2D eigenvalue weighted by Gasteiger charge is 2.51. The summed E-state index contributed by atoms with van der Waals surface area (Å²) in [6.45, 7) is 0. The fraction of sp³-hybridized carbons (Fsp3) is 0.375. The second kappa shape index (κ2) is 5.34. The van der Waals surface area contributed by atoms with Gasteiger partial charge in [-0.2, -0.15) is 0 Å². The van der Waals surface area contributed by atoms with Crippen LogP contribution >= 0.6 is 11.8 Å². The van der Waals surface area contributed by atoms with Gasteiger partial charge in [0, 0.05) is 5.75 Å². The summed E-state index contributed by atoms with van der Waals surface area (Å²) in [5.74, 6) is -2.13. The molecule has 0 aliphatic carbocycles. The zero-order chi connectivity index (χ0) is 17.0. The lowest BCUT2D eigenvalue weighted by Gasteiger charge is -2.38. The molecule has 2 fully saturated rings. The minimum absolute atomic E-state index is 0.190. The minimum atomic E-state index is -1.05. The lowest BCUT2D eigenvalue weighted by atomic mass is 10.0. The van der Waals surface area contributed by atoms with Crippen LogP contribution in [0.3, 0.4) is 0 Å². The highest BCUT2D eigenvalue weighted by Crippen LogP contribution is 2.39. The Labute approximate surface area is 141 Å². The monoisotopic (exact) mass is 346 g/mol. The molecule has 124 valence electrons. The van der Waals surface area contributed by atoms with Gasteiger partial charge in [0.2, 0.25) is 5.91 Å². The van der Waals surface area contributed by atoms with Crippen molar-refractivity contribution in [3.05, 3.63) is 35.4 Å². The van der Waals surface area contributed by atoms with Crippen LogP contribution in [-0.2, 0) is 9.59 Å². The molecular formula is C16H14N2O5S. The molecule has 1 N–H and O–H groups in total. The van der Waals surface area contributed by atoms with Gasteiger partial charge in [0.15, 0.2) is 0 Å². The maximum absolute atomic E-state index is 12.9. The topological polar surface area (TPSA) is 95.0 Å². The summed E-state index contributed by atoms with van der Waals surface area (Å²) >= 11 is 1.44. The summed E-state index contributed by atoms with van der Waals surface area (Å²) in [7, 11) is 0. The Kier molecular flexibility index (Phi) is 3.38. The van der Waals surface area contributed by atoms with E-state index in [1.165, 1.54) is 16.7 Å². The number of carboxylic acid groups (broad SMARTS) is 1. The number of hydrogen-bond donors (Lipinski definition) is 1. The maximum Gasteiger partial charge on any atom is 0.327 e. The van der Waals surface area contributed by atoms with Gasteiger partial charge in [0.1, 0.15) is 12.1 Å². The van der Waals surface area contributed by atoms with Crippen LogP contribution in [0.25, 0.3) is 0 Å². The average molecular weight is 346 g/mol. The van der Waals surface area contributed by atoms with E-state index in [-0.39, 0.29) is 5.37 Å². The lowest BCUT2D eigenvalue weighted by Crippen LogP contribution is -2.58. The quantitative estimate of drug-likeness (QED) is 0.796. The molecule has 7 nitrogen and oxygen atoms in total. The fourth-order valence-electron chi connectivity index (χ4n) is 3.60. The molecule has 3 unspecified atom stereocenters. The van der Waals surface area contributed by atoms with E-state index in [4.69, 9.17) is 0 Å². The molecule has 2 saturated heterocycles. The third-order valence-corrected chi connectivity index (χ3v) is 6.10. The number of rotatable bonds is 2. The number of thioether (sulfide) groups is 1. The molecular weight excluding hydrogens is 332 g/mol. The molecule has 0 aromatic heterocycles. The Bertz CT molecular complexity index is 744.